The predicted octanol–water partition coefficient (Wildman–Crippen LogP) is 1.99. The van der Waals surface area contributed by atoms with Gasteiger partial charge in [-0.2, -0.15) is 0 Å². The molecule has 0 amide bonds. The highest BCUT2D eigenvalue weighted by atomic mass is 35.5. The Morgan fingerprint density at radius 3 is 2.57 bits per heavy atom. The largest absolute Gasteiger partial charge is 0.481 e. The van der Waals surface area contributed by atoms with Crippen LogP contribution in [0.1, 0.15) is 18.4 Å². The molecule has 2 aliphatic heterocycles. The lowest BCUT2D eigenvalue weighted by Crippen LogP contribution is -2.44. The summed E-state index contributed by atoms with van der Waals surface area (Å²) in [5, 5.41) is 12.9. The zero-order valence-electron chi connectivity index (χ0n) is 12.1. The monoisotopic (exact) mass is 310 g/mol. The summed E-state index contributed by atoms with van der Waals surface area (Å²) < 4.78 is 0. The lowest BCUT2D eigenvalue weighted by Gasteiger charge is -2.36. The van der Waals surface area contributed by atoms with Crippen molar-refractivity contribution in [1.82, 2.24) is 10.2 Å². The molecule has 116 valence electrons. The molecule has 0 aromatic heterocycles. The summed E-state index contributed by atoms with van der Waals surface area (Å²) in [7, 11) is 0. The van der Waals surface area contributed by atoms with Gasteiger partial charge in [0.1, 0.15) is 0 Å². The van der Waals surface area contributed by atoms with Crippen molar-refractivity contribution in [3.63, 3.8) is 0 Å². The molecule has 3 rings (SSSR count). The maximum atomic E-state index is 11.6. The van der Waals surface area contributed by atoms with Gasteiger partial charge < -0.3 is 10.4 Å². The second-order valence-corrected chi connectivity index (χ2v) is 6.16. The minimum absolute atomic E-state index is 0. The number of halogens is 1. The molecule has 0 saturated carbocycles. The highest BCUT2D eigenvalue weighted by Crippen LogP contribution is 2.43. The molecule has 1 spiro atoms. The average molecular weight is 311 g/mol. The Kier molecular flexibility index (Phi) is 5.25. The van der Waals surface area contributed by atoms with Crippen molar-refractivity contribution in [2.75, 3.05) is 26.2 Å². The first-order valence-corrected chi connectivity index (χ1v) is 7.39. The molecule has 5 heteroatoms. The van der Waals surface area contributed by atoms with Crippen molar-refractivity contribution in [2.24, 2.45) is 11.3 Å². The fourth-order valence-corrected chi connectivity index (χ4v) is 3.81. The van der Waals surface area contributed by atoms with Gasteiger partial charge in [-0.1, -0.05) is 30.3 Å². The Hall–Kier alpha value is -1.10. The number of carboxylic acid groups (broad SMARTS) is 1. The van der Waals surface area contributed by atoms with Crippen molar-refractivity contribution in [2.45, 2.75) is 19.4 Å². The number of aliphatic carboxylic acids is 1. The quantitative estimate of drug-likeness (QED) is 0.896. The van der Waals surface area contributed by atoms with Gasteiger partial charge in [-0.15, -0.1) is 12.4 Å². The minimum Gasteiger partial charge on any atom is -0.481 e. The van der Waals surface area contributed by atoms with E-state index in [1.54, 1.807) is 0 Å². The van der Waals surface area contributed by atoms with Crippen LogP contribution in [-0.4, -0.2) is 42.2 Å². The minimum atomic E-state index is -0.623. The first-order valence-electron chi connectivity index (χ1n) is 7.39. The Bertz CT molecular complexity index is 474. The third-order valence-electron chi connectivity index (χ3n) is 4.86. The third kappa shape index (κ3) is 3.39. The van der Waals surface area contributed by atoms with Crippen molar-refractivity contribution >= 4 is 18.4 Å². The van der Waals surface area contributed by atoms with Crippen molar-refractivity contribution in [1.29, 1.82) is 0 Å². The van der Waals surface area contributed by atoms with Crippen LogP contribution in [0, 0.1) is 11.3 Å². The second kappa shape index (κ2) is 6.77. The van der Waals surface area contributed by atoms with E-state index in [1.165, 1.54) is 5.56 Å². The number of hydrogen-bond acceptors (Lipinski definition) is 3. The van der Waals surface area contributed by atoms with Crippen LogP contribution in [0.2, 0.25) is 0 Å². The molecule has 0 radical (unpaired) electrons. The van der Waals surface area contributed by atoms with E-state index in [4.69, 9.17) is 0 Å². The molecule has 2 fully saturated rings. The second-order valence-electron chi connectivity index (χ2n) is 6.16. The van der Waals surface area contributed by atoms with Crippen molar-refractivity contribution < 1.29 is 9.90 Å². The molecule has 1 atom stereocenters. The number of nitrogens with zero attached hydrogens (tertiary/aromatic N) is 1. The maximum Gasteiger partial charge on any atom is 0.308 e. The van der Waals surface area contributed by atoms with E-state index < -0.39 is 5.97 Å². The molecule has 2 aliphatic rings. The van der Waals surface area contributed by atoms with Crippen LogP contribution in [0.4, 0.5) is 0 Å². The van der Waals surface area contributed by atoms with E-state index in [0.717, 1.165) is 39.0 Å². The number of carboxylic acids is 1. The topological polar surface area (TPSA) is 52.6 Å². The Morgan fingerprint density at radius 1 is 1.29 bits per heavy atom. The number of piperidine rings is 1. The first kappa shape index (κ1) is 16.3. The molecule has 1 unspecified atom stereocenters. The third-order valence-corrected chi connectivity index (χ3v) is 4.86. The van der Waals surface area contributed by atoms with Crippen LogP contribution in [0.3, 0.4) is 0 Å². The lowest BCUT2D eigenvalue weighted by molar-refractivity contribution is -0.145. The van der Waals surface area contributed by atoms with Crippen LogP contribution < -0.4 is 5.32 Å². The molecule has 1 aromatic carbocycles. The van der Waals surface area contributed by atoms with E-state index in [1.807, 2.05) is 18.2 Å². The normalized spacial score (nSPS) is 24.7. The summed E-state index contributed by atoms with van der Waals surface area (Å²) in [4.78, 5) is 13.9. The van der Waals surface area contributed by atoms with Gasteiger partial charge >= 0.3 is 5.97 Å². The van der Waals surface area contributed by atoms with Crippen LogP contribution >= 0.6 is 12.4 Å². The summed E-state index contributed by atoms with van der Waals surface area (Å²) in [6.45, 7) is 4.36. The average Bonchev–Trinajstić information content (AvgIpc) is 2.79. The lowest BCUT2D eigenvalue weighted by atomic mass is 9.71. The van der Waals surface area contributed by atoms with Crippen molar-refractivity contribution in [3.8, 4) is 0 Å². The SMILES string of the molecule is Cl.O=C(O)C1CN(Cc2ccccc2)CC12CCNCC2. The van der Waals surface area contributed by atoms with Gasteiger partial charge in [-0.25, -0.2) is 0 Å². The number of carbonyl (C=O) groups is 1. The molecule has 21 heavy (non-hydrogen) atoms. The van der Waals surface area contributed by atoms with Crippen LogP contribution in [0.5, 0.6) is 0 Å². The summed E-state index contributed by atoms with van der Waals surface area (Å²) in [6, 6.07) is 10.3. The summed E-state index contributed by atoms with van der Waals surface area (Å²) in [5.41, 5.74) is 1.24. The Morgan fingerprint density at radius 2 is 1.95 bits per heavy atom. The van der Waals surface area contributed by atoms with Gasteiger partial charge in [0, 0.05) is 19.6 Å². The molecular formula is C16H23ClN2O2. The van der Waals surface area contributed by atoms with E-state index in [0.29, 0.717) is 6.54 Å². The van der Waals surface area contributed by atoms with Crippen LogP contribution in [-0.2, 0) is 11.3 Å². The van der Waals surface area contributed by atoms with Gasteiger partial charge in [-0.3, -0.25) is 9.69 Å². The Labute approximate surface area is 131 Å². The maximum absolute atomic E-state index is 11.6. The van der Waals surface area contributed by atoms with E-state index in [-0.39, 0.29) is 23.7 Å². The first-order chi connectivity index (χ1) is 9.70. The highest BCUT2D eigenvalue weighted by Gasteiger charge is 2.50. The van der Waals surface area contributed by atoms with Crippen LogP contribution in [0.25, 0.3) is 0 Å². The van der Waals surface area contributed by atoms with Crippen molar-refractivity contribution in [3.05, 3.63) is 35.9 Å². The zero-order chi connectivity index (χ0) is 14.0. The van der Waals surface area contributed by atoms with E-state index >= 15 is 0 Å². The smallest absolute Gasteiger partial charge is 0.308 e. The number of rotatable bonds is 3. The molecule has 0 bridgehead atoms. The molecule has 2 N–H and O–H groups in total. The van der Waals surface area contributed by atoms with Gasteiger partial charge in [0.05, 0.1) is 5.92 Å². The van der Waals surface area contributed by atoms with Gasteiger partial charge in [0.2, 0.25) is 0 Å². The predicted molar refractivity (Wildman–Crippen MR) is 84.6 cm³/mol. The van der Waals surface area contributed by atoms with Gasteiger partial charge in [0.15, 0.2) is 0 Å². The fourth-order valence-electron chi connectivity index (χ4n) is 3.81. The zero-order valence-corrected chi connectivity index (χ0v) is 12.9. The summed E-state index contributed by atoms with van der Waals surface area (Å²) >= 11 is 0. The van der Waals surface area contributed by atoms with Gasteiger partial charge in [0.25, 0.3) is 0 Å². The standard InChI is InChI=1S/C16H22N2O2.ClH/c19-15(20)14-11-18(10-13-4-2-1-3-5-13)12-16(14)6-8-17-9-7-16;/h1-5,14,17H,6-12H2,(H,19,20);1H. The molecule has 4 nitrogen and oxygen atoms in total. The molecule has 2 saturated heterocycles. The molecule has 2 heterocycles. The van der Waals surface area contributed by atoms with Gasteiger partial charge in [-0.05, 0) is 36.9 Å². The summed E-state index contributed by atoms with van der Waals surface area (Å²) in [6.07, 6.45) is 1.96. The number of likely N-dealkylation sites (tertiary alicyclic amines) is 1. The number of hydrogen-bond donors (Lipinski definition) is 2. The summed E-state index contributed by atoms with van der Waals surface area (Å²) in [5.74, 6) is -0.837. The van der Waals surface area contributed by atoms with E-state index in [2.05, 4.69) is 22.3 Å². The van der Waals surface area contributed by atoms with Crippen LogP contribution in [0.15, 0.2) is 30.3 Å². The number of nitrogens with one attached hydrogen (secondary N) is 1. The Balaban J connectivity index is 0.00000161. The highest BCUT2D eigenvalue weighted by molar-refractivity contribution is 5.85. The van der Waals surface area contributed by atoms with E-state index in [9.17, 15) is 9.90 Å². The number of benzene rings is 1. The molecule has 1 aromatic rings. The fraction of sp³-hybridized carbons (Fsp3) is 0.562. The molecule has 0 aliphatic carbocycles. The molecular weight excluding hydrogens is 288 g/mol.